The van der Waals surface area contributed by atoms with E-state index in [-0.39, 0.29) is 12.5 Å². The van der Waals surface area contributed by atoms with Crippen molar-refractivity contribution in [3.8, 4) is 0 Å². The van der Waals surface area contributed by atoms with Gasteiger partial charge in [0.1, 0.15) is 0 Å². The molecule has 5 nitrogen and oxygen atoms in total. The lowest BCUT2D eigenvalue weighted by molar-refractivity contribution is -0.119. The number of urea groups is 1. The third-order valence-electron chi connectivity index (χ3n) is 4.28. The van der Waals surface area contributed by atoms with Crippen LogP contribution in [0.25, 0.3) is 0 Å². The Bertz CT molecular complexity index is 319. The van der Waals surface area contributed by atoms with Gasteiger partial charge < -0.3 is 11.1 Å². The van der Waals surface area contributed by atoms with Gasteiger partial charge in [-0.15, -0.1) is 0 Å². The summed E-state index contributed by atoms with van der Waals surface area (Å²) in [5.41, 5.74) is 4.87. The Morgan fingerprint density at radius 3 is 2.65 bits per heavy atom. The van der Waals surface area contributed by atoms with E-state index in [9.17, 15) is 9.59 Å². The van der Waals surface area contributed by atoms with E-state index in [1.54, 1.807) is 0 Å². The van der Waals surface area contributed by atoms with E-state index in [0.29, 0.717) is 12.0 Å². The molecule has 2 rings (SSSR count). The van der Waals surface area contributed by atoms with Gasteiger partial charge in [-0.1, -0.05) is 6.42 Å². The van der Waals surface area contributed by atoms with E-state index in [4.69, 9.17) is 5.73 Å². The van der Waals surface area contributed by atoms with E-state index in [1.165, 1.54) is 25.7 Å². The van der Waals surface area contributed by atoms with Crippen LogP contribution in [0.4, 0.5) is 4.79 Å². The summed E-state index contributed by atoms with van der Waals surface area (Å²) in [5.74, 6) is 2.08. The van der Waals surface area contributed by atoms with Gasteiger partial charge in [-0.05, 0) is 43.9 Å². The summed E-state index contributed by atoms with van der Waals surface area (Å²) in [6.07, 6.45) is 5.38. The fourth-order valence-corrected chi connectivity index (χ4v) is 3.49. The maximum Gasteiger partial charge on any atom is 0.318 e. The molecule has 4 atom stereocenters. The molecule has 0 aliphatic heterocycles. The zero-order chi connectivity index (χ0) is 12.4. The number of imide groups is 1. The second-order valence-electron chi connectivity index (χ2n) is 5.42. The highest BCUT2D eigenvalue weighted by atomic mass is 16.2. The summed E-state index contributed by atoms with van der Waals surface area (Å²) in [6, 6.07) is -0.451. The second-order valence-corrected chi connectivity index (χ2v) is 5.42. The molecule has 0 radical (unpaired) electrons. The van der Waals surface area contributed by atoms with Crippen LogP contribution in [0, 0.1) is 17.8 Å². The molecular formula is C12H21N3O2. The SMILES string of the molecule is CC(NCC(=O)NC(N)=O)C1CC2CCC1C2. The lowest BCUT2D eigenvalue weighted by Crippen LogP contribution is -2.45. The van der Waals surface area contributed by atoms with Crippen LogP contribution < -0.4 is 16.4 Å². The quantitative estimate of drug-likeness (QED) is 0.671. The van der Waals surface area contributed by atoms with E-state index in [0.717, 1.165) is 11.8 Å². The van der Waals surface area contributed by atoms with E-state index >= 15 is 0 Å². The van der Waals surface area contributed by atoms with Crippen molar-refractivity contribution < 1.29 is 9.59 Å². The first-order valence-electron chi connectivity index (χ1n) is 6.39. The Kier molecular flexibility index (Phi) is 3.66. The third-order valence-corrected chi connectivity index (χ3v) is 4.28. The Hall–Kier alpha value is -1.10. The Morgan fingerprint density at radius 2 is 2.12 bits per heavy atom. The zero-order valence-corrected chi connectivity index (χ0v) is 10.2. The Labute approximate surface area is 102 Å². The minimum Gasteiger partial charge on any atom is -0.351 e. The summed E-state index contributed by atoms with van der Waals surface area (Å²) in [7, 11) is 0. The number of primary amides is 1. The van der Waals surface area contributed by atoms with Crippen molar-refractivity contribution in [1.82, 2.24) is 10.6 Å². The van der Waals surface area contributed by atoms with Gasteiger partial charge in [-0.2, -0.15) is 0 Å². The molecule has 4 unspecified atom stereocenters. The smallest absolute Gasteiger partial charge is 0.318 e. The van der Waals surface area contributed by atoms with Crippen LogP contribution >= 0.6 is 0 Å². The van der Waals surface area contributed by atoms with Gasteiger partial charge in [-0.25, -0.2) is 4.79 Å². The highest BCUT2D eigenvalue weighted by molar-refractivity contribution is 5.94. The molecular weight excluding hydrogens is 218 g/mol. The van der Waals surface area contributed by atoms with Crippen molar-refractivity contribution in [1.29, 1.82) is 0 Å². The number of carbonyl (C=O) groups is 2. The Morgan fingerprint density at radius 1 is 1.35 bits per heavy atom. The molecule has 0 aromatic carbocycles. The average Bonchev–Trinajstić information content (AvgIpc) is 2.86. The highest BCUT2D eigenvalue weighted by Crippen LogP contribution is 2.49. The molecule has 0 aromatic rings. The van der Waals surface area contributed by atoms with Crippen LogP contribution in [0.5, 0.6) is 0 Å². The number of amides is 3. The Balaban J connectivity index is 1.72. The summed E-state index contributed by atoms with van der Waals surface area (Å²) >= 11 is 0. The molecule has 4 N–H and O–H groups in total. The van der Waals surface area contributed by atoms with E-state index in [1.807, 2.05) is 0 Å². The monoisotopic (exact) mass is 239 g/mol. The molecule has 0 spiro atoms. The summed E-state index contributed by atoms with van der Waals surface area (Å²) in [5, 5.41) is 5.25. The first-order chi connectivity index (χ1) is 8.06. The first kappa shape index (κ1) is 12.4. The maximum absolute atomic E-state index is 11.3. The average molecular weight is 239 g/mol. The molecule has 3 amide bonds. The normalized spacial score (nSPS) is 32.4. The van der Waals surface area contributed by atoms with Crippen LogP contribution in [0.2, 0.25) is 0 Å². The second kappa shape index (κ2) is 5.04. The molecule has 2 aliphatic carbocycles. The molecule has 2 aliphatic rings. The minimum atomic E-state index is -0.788. The number of hydrogen-bond acceptors (Lipinski definition) is 3. The molecule has 2 fully saturated rings. The van der Waals surface area contributed by atoms with Crippen molar-refractivity contribution in [2.75, 3.05) is 6.54 Å². The van der Waals surface area contributed by atoms with Gasteiger partial charge in [0, 0.05) is 6.04 Å². The van der Waals surface area contributed by atoms with E-state index < -0.39 is 6.03 Å². The molecule has 5 heteroatoms. The summed E-state index contributed by atoms with van der Waals surface area (Å²) < 4.78 is 0. The van der Waals surface area contributed by atoms with Gasteiger partial charge in [0.2, 0.25) is 5.91 Å². The fraction of sp³-hybridized carbons (Fsp3) is 0.833. The van der Waals surface area contributed by atoms with Crippen molar-refractivity contribution in [3.63, 3.8) is 0 Å². The van der Waals surface area contributed by atoms with Gasteiger partial charge in [-0.3, -0.25) is 10.1 Å². The number of rotatable bonds is 4. The molecule has 0 saturated heterocycles. The van der Waals surface area contributed by atoms with Crippen molar-refractivity contribution in [2.45, 2.75) is 38.6 Å². The number of hydrogen-bond donors (Lipinski definition) is 3. The molecule has 0 aromatic heterocycles. The predicted molar refractivity (Wildman–Crippen MR) is 64.1 cm³/mol. The first-order valence-corrected chi connectivity index (χ1v) is 6.39. The zero-order valence-electron chi connectivity index (χ0n) is 10.2. The van der Waals surface area contributed by atoms with Crippen LogP contribution in [0.1, 0.15) is 32.6 Å². The lowest BCUT2D eigenvalue weighted by atomic mass is 9.84. The highest BCUT2D eigenvalue weighted by Gasteiger charge is 2.41. The number of carbonyl (C=O) groups excluding carboxylic acids is 2. The third kappa shape index (κ3) is 2.97. The van der Waals surface area contributed by atoms with Crippen molar-refractivity contribution in [3.05, 3.63) is 0 Å². The van der Waals surface area contributed by atoms with Crippen LogP contribution in [-0.4, -0.2) is 24.5 Å². The maximum atomic E-state index is 11.3. The van der Waals surface area contributed by atoms with Crippen LogP contribution in [0.3, 0.4) is 0 Å². The largest absolute Gasteiger partial charge is 0.351 e. The summed E-state index contributed by atoms with van der Waals surface area (Å²) in [6.45, 7) is 2.29. The fourth-order valence-electron chi connectivity index (χ4n) is 3.49. The van der Waals surface area contributed by atoms with Gasteiger partial charge in [0.15, 0.2) is 0 Å². The number of nitrogens with one attached hydrogen (secondary N) is 2. The van der Waals surface area contributed by atoms with Crippen molar-refractivity contribution in [2.24, 2.45) is 23.5 Å². The molecule has 96 valence electrons. The topological polar surface area (TPSA) is 84.2 Å². The molecule has 2 bridgehead atoms. The molecule has 2 saturated carbocycles. The van der Waals surface area contributed by atoms with Crippen molar-refractivity contribution >= 4 is 11.9 Å². The van der Waals surface area contributed by atoms with Gasteiger partial charge in [0.05, 0.1) is 6.54 Å². The summed E-state index contributed by atoms with van der Waals surface area (Å²) in [4.78, 5) is 21.7. The van der Waals surface area contributed by atoms with Gasteiger partial charge in [0.25, 0.3) is 0 Å². The standard InChI is InChI=1S/C12H21N3O2/c1-7(14-6-11(16)15-12(13)17)10-5-8-2-3-9(10)4-8/h7-10,14H,2-6H2,1H3,(H3,13,15,16,17). The predicted octanol–water partition coefficient (Wildman–Crippen LogP) is 0.596. The number of fused-ring (bicyclic) bond motifs is 2. The minimum absolute atomic E-state index is 0.165. The van der Waals surface area contributed by atoms with Crippen LogP contribution in [0.15, 0.2) is 0 Å². The molecule has 17 heavy (non-hydrogen) atoms. The van der Waals surface area contributed by atoms with Gasteiger partial charge >= 0.3 is 6.03 Å². The van der Waals surface area contributed by atoms with E-state index in [2.05, 4.69) is 17.6 Å². The lowest BCUT2D eigenvalue weighted by Gasteiger charge is -2.28. The molecule has 0 heterocycles. The number of nitrogens with two attached hydrogens (primary N) is 1. The van der Waals surface area contributed by atoms with Crippen LogP contribution in [-0.2, 0) is 4.79 Å².